The fraction of sp³-hybridized carbons (Fsp3) is 0.312. The van der Waals surface area contributed by atoms with Crippen LogP contribution in [-0.4, -0.2) is 18.1 Å². The lowest BCUT2D eigenvalue weighted by Gasteiger charge is -2.10. The Morgan fingerprint density at radius 3 is 2.85 bits per heavy atom. The highest BCUT2D eigenvalue weighted by atomic mass is 16.5. The van der Waals surface area contributed by atoms with Gasteiger partial charge in [0.05, 0.1) is 12.3 Å². The van der Waals surface area contributed by atoms with Gasteiger partial charge in [0.1, 0.15) is 5.82 Å². The molecule has 4 nitrogen and oxygen atoms in total. The van der Waals surface area contributed by atoms with Gasteiger partial charge in [-0.25, -0.2) is 0 Å². The van der Waals surface area contributed by atoms with E-state index in [1.54, 1.807) is 0 Å². The molecule has 4 heteroatoms. The number of hydrogen-bond donors (Lipinski definition) is 2. The third-order valence-electron chi connectivity index (χ3n) is 2.97. The Labute approximate surface area is 120 Å². The fourth-order valence-electron chi connectivity index (χ4n) is 2.00. The van der Waals surface area contributed by atoms with Gasteiger partial charge in [-0.15, -0.1) is 0 Å². The number of hydrogen-bond acceptors (Lipinski definition) is 4. The second kappa shape index (κ2) is 6.80. The molecule has 1 aromatic carbocycles. The van der Waals surface area contributed by atoms with Gasteiger partial charge in [0.25, 0.3) is 0 Å². The topological polar surface area (TPSA) is 60.2 Å². The highest BCUT2D eigenvalue weighted by molar-refractivity contribution is 5.53. The van der Waals surface area contributed by atoms with E-state index in [1.807, 2.05) is 19.1 Å². The van der Waals surface area contributed by atoms with E-state index in [0.29, 0.717) is 18.2 Å². The third kappa shape index (κ3) is 3.88. The molecule has 0 aliphatic rings. The molecule has 2 rings (SSSR count). The number of nitrogen functional groups attached to an aromatic ring is 1. The Hall–Kier alpha value is -2.23. The molecule has 1 aromatic heterocycles. The maximum absolute atomic E-state index is 5.80. The average molecular weight is 271 g/mol. The zero-order chi connectivity index (χ0) is 14.4. The minimum absolute atomic E-state index is 0.494. The smallest absolute Gasteiger partial charge is 0.239 e. The van der Waals surface area contributed by atoms with E-state index in [9.17, 15) is 0 Å². The number of aromatic nitrogens is 1. The number of anilines is 2. The molecule has 0 aliphatic heterocycles. The van der Waals surface area contributed by atoms with Crippen molar-refractivity contribution in [1.29, 1.82) is 0 Å². The van der Waals surface area contributed by atoms with Crippen LogP contribution in [0.15, 0.2) is 36.4 Å². The Bertz CT molecular complexity index is 569. The summed E-state index contributed by atoms with van der Waals surface area (Å²) in [6, 6.07) is 12.2. The van der Waals surface area contributed by atoms with E-state index in [4.69, 9.17) is 10.5 Å². The molecule has 2 aromatic rings. The van der Waals surface area contributed by atoms with E-state index >= 15 is 0 Å². The Kier molecular flexibility index (Phi) is 4.82. The highest BCUT2D eigenvalue weighted by Crippen LogP contribution is 2.20. The Balaban J connectivity index is 1.92. The van der Waals surface area contributed by atoms with E-state index in [-0.39, 0.29) is 0 Å². The molecule has 3 N–H and O–H groups in total. The van der Waals surface area contributed by atoms with Crippen LogP contribution in [0.4, 0.5) is 11.5 Å². The molecule has 0 amide bonds. The van der Waals surface area contributed by atoms with Crippen LogP contribution >= 0.6 is 0 Å². The Morgan fingerprint density at radius 1 is 1.25 bits per heavy atom. The second-order valence-electron chi connectivity index (χ2n) is 4.69. The van der Waals surface area contributed by atoms with Crippen LogP contribution in [0.25, 0.3) is 0 Å². The number of benzene rings is 1. The lowest BCUT2D eigenvalue weighted by molar-refractivity contribution is 0.329. The molecule has 0 atom stereocenters. The lowest BCUT2D eigenvalue weighted by Crippen LogP contribution is -2.08. The molecule has 0 spiro atoms. The van der Waals surface area contributed by atoms with Crippen molar-refractivity contribution in [1.82, 2.24) is 4.98 Å². The first kappa shape index (κ1) is 14.2. The first-order valence-electron chi connectivity index (χ1n) is 6.87. The van der Waals surface area contributed by atoms with Gasteiger partial charge < -0.3 is 15.8 Å². The van der Waals surface area contributed by atoms with Crippen molar-refractivity contribution in [2.45, 2.75) is 20.3 Å². The van der Waals surface area contributed by atoms with Crippen molar-refractivity contribution in [2.24, 2.45) is 0 Å². The summed E-state index contributed by atoms with van der Waals surface area (Å²) in [7, 11) is 0. The van der Waals surface area contributed by atoms with Crippen LogP contribution < -0.4 is 15.8 Å². The average Bonchev–Trinajstić information content (AvgIpc) is 2.43. The summed E-state index contributed by atoms with van der Waals surface area (Å²) in [4.78, 5) is 4.35. The van der Waals surface area contributed by atoms with Gasteiger partial charge in [0.15, 0.2) is 0 Å². The van der Waals surface area contributed by atoms with Crippen LogP contribution in [0, 0.1) is 6.92 Å². The van der Waals surface area contributed by atoms with E-state index in [1.165, 1.54) is 11.1 Å². The molecule has 0 radical (unpaired) electrons. The summed E-state index contributed by atoms with van der Waals surface area (Å²) in [5, 5.41) is 3.29. The van der Waals surface area contributed by atoms with Crippen LogP contribution in [0.3, 0.4) is 0 Å². The predicted molar refractivity (Wildman–Crippen MR) is 83.2 cm³/mol. The van der Waals surface area contributed by atoms with Crippen LogP contribution in [0.5, 0.6) is 5.88 Å². The normalized spacial score (nSPS) is 10.3. The van der Waals surface area contributed by atoms with E-state index < -0.39 is 0 Å². The zero-order valence-corrected chi connectivity index (χ0v) is 12.0. The van der Waals surface area contributed by atoms with Crippen molar-refractivity contribution >= 4 is 11.5 Å². The van der Waals surface area contributed by atoms with Gasteiger partial charge in [0, 0.05) is 6.54 Å². The minimum Gasteiger partial charge on any atom is -0.476 e. The van der Waals surface area contributed by atoms with Gasteiger partial charge in [-0.3, -0.25) is 0 Å². The first-order valence-corrected chi connectivity index (χ1v) is 6.87. The number of nitrogens with two attached hydrogens (primary N) is 1. The quantitative estimate of drug-likeness (QED) is 0.848. The number of pyridine rings is 1. The minimum atomic E-state index is 0.494. The van der Waals surface area contributed by atoms with Crippen molar-refractivity contribution in [3.8, 4) is 5.88 Å². The summed E-state index contributed by atoms with van der Waals surface area (Å²) >= 11 is 0. The third-order valence-corrected chi connectivity index (χ3v) is 2.97. The van der Waals surface area contributed by atoms with Gasteiger partial charge in [-0.1, -0.05) is 29.8 Å². The maximum Gasteiger partial charge on any atom is 0.239 e. The molecule has 0 bridgehead atoms. The van der Waals surface area contributed by atoms with Crippen LogP contribution in [0.2, 0.25) is 0 Å². The molecule has 20 heavy (non-hydrogen) atoms. The van der Waals surface area contributed by atoms with Crippen LogP contribution in [0.1, 0.15) is 18.1 Å². The van der Waals surface area contributed by atoms with Gasteiger partial charge >= 0.3 is 0 Å². The van der Waals surface area contributed by atoms with Crippen molar-refractivity contribution in [2.75, 3.05) is 24.2 Å². The molecule has 0 unspecified atom stereocenters. The summed E-state index contributed by atoms with van der Waals surface area (Å²) in [6.45, 7) is 5.40. The van der Waals surface area contributed by atoms with Gasteiger partial charge in [-0.05, 0) is 38.0 Å². The van der Waals surface area contributed by atoms with Crippen LogP contribution in [-0.2, 0) is 6.42 Å². The van der Waals surface area contributed by atoms with Crippen molar-refractivity contribution < 1.29 is 4.74 Å². The number of nitrogens with one attached hydrogen (secondary N) is 1. The molecular formula is C16H21N3O. The first-order chi connectivity index (χ1) is 9.69. The molecule has 106 valence electrons. The lowest BCUT2D eigenvalue weighted by atomic mass is 10.1. The van der Waals surface area contributed by atoms with E-state index in [0.717, 1.165) is 18.8 Å². The molecule has 0 aliphatic carbocycles. The summed E-state index contributed by atoms with van der Waals surface area (Å²) in [6.07, 6.45) is 0.956. The van der Waals surface area contributed by atoms with Crippen molar-refractivity contribution in [3.05, 3.63) is 47.5 Å². The molecule has 0 fully saturated rings. The summed E-state index contributed by atoms with van der Waals surface area (Å²) in [5.74, 6) is 1.28. The molecule has 1 heterocycles. The second-order valence-corrected chi connectivity index (χ2v) is 4.69. The van der Waals surface area contributed by atoms with Crippen molar-refractivity contribution in [3.63, 3.8) is 0 Å². The molecular weight excluding hydrogens is 250 g/mol. The maximum atomic E-state index is 5.80. The molecule has 0 saturated carbocycles. The standard InChI is InChI=1S/C16H21N3O/c1-3-20-16-14(17)7-8-15(19-16)18-10-9-13-6-4-5-12(2)11-13/h4-8,11H,3,9-10,17H2,1-2H3,(H,18,19). The Morgan fingerprint density at radius 2 is 2.10 bits per heavy atom. The predicted octanol–water partition coefficient (Wildman–Crippen LogP) is 3.03. The van der Waals surface area contributed by atoms with Gasteiger partial charge in [-0.2, -0.15) is 4.98 Å². The summed E-state index contributed by atoms with van der Waals surface area (Å²) < 4.78 is 5.38. The SMILES string of the molecule is CCOc1nc(NCCc2cccc(C)c2)ccc1N. The number of rotatable bonds is 6. The zero-order valence-electron chi connectivity index (χ0n) is 12.0. The van der Waals surface area contributed by atoms with Gasteiger partial charge in [0.2, 0.25) is 5.88 Å². The highest BCUT2D eigenvalue weighted by Gasteiger charge is 2.03. The number of nitrogens with zero attached hydrogens (tertiary/aromatic N) is 1. The summed E-state index contributed by atoms with van der Waals surface area (Å²) in [5.41, 5.74) is 8.96. The monoisotopic (exact) mass is 271 g/mol. The van der Waals surface area contributed by atoms with E-state index in [2.05, 4.69) is 41.5 Å². The largest absolute Gasteiger partial charge is 0.476 e. The number of aryl methyl sites for hydroxylation is 1. The fourth-order valence-corrected chi connectivity index (χ4v) is 2.00. The molecule has 0 saturated heterocycles. The number of ether oxygens (including phenoxy) is 1.